The minimum absolute atomic E-state index is 0.111. The first-order valence-electron chi connectivity index (χ1n) is 7.43. The molecule has 2 rings (SSSR count). The van der Waals surface area contributed by atoms with Crippen LogP contribution in [0.25, 0.3) is 0 Å². The third kappa shape index (κ3) is 5.45. The van der Waals surface area contributed by atoms with Crippen molar-refractivity contribution < 1.29 is 30.6 Å². The van der Waals surface area contributed by atoms with Crippen molar-refractivity contribution in [1.82, 2.24) is 4.90 Å². The summed E-state index contributed by atoms with van der Waals surface area (Å²) in [6.07, 6.45) is -6.27. The smallest absolute Gasteiger partial charge is 0.354 e. The van der Waals surface area contributed by atoms with E-state index in [0.717, 1.165) is 12.1 Å². The zero-order valence-corrected chi connectivity index (χ0v) is 14.1. The number of hydrogen-bond donors (Lipinski definition) is 0. The molecule has 1 atom stereocenters. The summed E-state index contributed by atoms with van der Waals surface area (Å²) >= 11 is 0. The molecule has 0 radical (unpaired) electrons. The highest BCUT2D eigenvalue weighted by molar-refractivity contribution is 7.85. The molecule has 1 heterocycles. The van der Waals surface area contributed by atoms with E-state index in [0.29, 0.717) is 19.4 Å². The molecular weight excluding hydrogens is 370 g/mol. The van der Waals surface area contributed by atoms with Gasteiger partial charge in [0.05, 0.1) is 17.3 Å². The van der Waals surface area contributed by atoms with Crippen LogP contribution in [0.15, 0.2) is 22.0 Å². The lowest BCUT2D eigenvalue weighted by atomic mass is 10.2. The Kier molecular flexibility index (Phi) is 6.12. The first kappa shape index (κ1) is 19.7. The van der Waals surface area contributed by atoms with Crippen molar-refractivity contribution in [3.63, 3.8) is 0 Å². The Hall–Kier alpha value is -1.58. The summed E-state index contributed by atoms with van der Waals surface area (Å²) in [5.41, 5.74) is -0.188. The fraction of sp³-hybridized carbons (Fsp3) is 0.533. The Morgan fingerprint density at radius 1 is 1.32 bits per heavy atom. The third-order valence-corrected chi connectivity index (χ3v) is 5.11. The molecule has 3 nitrogen and oxygen atoms in total. The van der Waals surface area contributed by atoms with Gasteiger partial charge in [-0.25, -0.2) is 18.2 Å². The number of rotatable bonds is 5. The number of halogens is 6. The van der Waals surface area contributed by atoms with Gasteiger partial charge in [-0.3, -0.25) is 4.21 Å². The molecule has 10 heteroatoms. The topological polar surface area (TPSA) is 32.7 Å². The number of aryl methyl sites for hydroxylation is 1. The molecule has 1 aliphatic rings. The molecule has 0 saturated carbocycles. The highest BCUT2D eigenvalue weighted by atomic mass is 32.2. The molecule has 0 amide bonds. The lowest BCUT2D eigenvalue weighted by molar-refractivity contribution is -0.105. The van der Waals surface area contributed by atoms with Crippen LogP contribution >= 0.6 is 0 Å². The number of hydrogen-bond acceptors (Lipinski definition) is 2. The maximum absolute atomic E-state index is 14.1. The fourth-order valence-electron chi connectivity index (χ4n) is 2.54. The summed E-state index contributed by atoms with van der Waals surface area (Å²) in [6, 6.07) is 1.95. The molecule has 0 aliphatic carbocycles. The first-order chi connectivity index (χ1) is 11.6. The lowest BCUT2D eigenvalue weighted by Crippen LogP contribution is -2.29. The Labute approximate surface area is 143 Å². The molecule has 0 bridgehead atoms. The molecule has 1 unspecified atom stereocenters. The minimum atomic E-state index is -4.63. The normalized spacial score (nSPS) is 18.4. The Balaban J connectivity index is 2.34. The van der Waals surface area contributed by atoms with Gasteiger partial charge in [-0.2, -0.15) is 13.2 Å². The van der Waals surface area contributed by atoms with Gasteiger partial charge in [0.2, 0.25) is 0 Å². The number of likely N-dealkylation sites (tertiary alicyclic amines) is 1. The van der Waals surface area contributed by atoms with E-state index in [1.165, 1.54) is 11.8 Å². The van der Waals surface area contributed by atoms with Crippen LogP contribution in [-0.2, 0) is 10.8 Å². The molecular formula is C15H16F6N2OS. The van der Waals surface area contributed by atoms with Gasteiger partial charge in [0.25, 0.3) is 6.43 Å². The van der Waals surface area contributed by atoms with Crippen LogP contribution in [0.5, 0.6) is 0 Å². The number of nitrogens with zero attached hydrogens (tertiary/aromatic N) is 2. The van der Waals surface area contributed by atoms with Crippen molar-refractivity contribution in [1.29, 1.82) is 0 Å². The van der Waals surface area contributed by atoms with Gasteiger partial charge in [0.15, 0.2) is 0 Å². The van der Waals surface area contributed by atoms with E-state index >= 15 is 0 Å². The summed E-state index contributed by atoms with van der Waals surface area (Å²) in [5, 5.41) is 0. The largest absolute Gasteiger partial charge is 0.400 e. The summed E-state index contributed by atoms with van der Waals surface area (Å²) < 4.78 is 88.4. The highest BCUT2D eigenvalue weighted by Gasteiger charge is 2.32. The molecule has 0 N–H and O–H groups in total. The fourth-order valence-corrected chi connectivity index (χ4v) is 3.66. The van der Waals surface area contributed by atoms with E-state index in [2.05, 4.69) is 4.99 Å². The van der Waals surface area contributed by atoms with Crippen molar-refractivity contribution in [2.75, 3.05) is 18.8 Å². The molecule has 25 heavy (non-hydrogen) atoms. The summed E-state index contributed by atoms with van der Waals surface area (Å²) in [7, 11) is -2.40. The molecule has 1 aromatic rings. The number of benzene rings is 1. The van der Waals surface area contributed by atoms with Crippen molar-refractivity contribution in [2.24, 2.45) is 4.99 Å². The molecule has 0 aromatic heterocycles. The van der Waals surface area contributed by atoms with Gasteiger partial charge < -0.3 is 4.90 Å². The van der Waals surface area contributed by atoms with Gasteiger partial charge in [-0.15, -0.1) is 0 Å². The van der Waals surface area contributed by atoms with E-state index in [-0.39, 0.29) is 22.0 Å². The number of alkyl halides is 5. The predicted octanol–water partition coefficient (Wildman–Crippen LogP) is 4.19. The Morgan fingerprint density at radius 2 is 2.00 bits per heavy atom. The molecule has 1 saturated heterocycles. The van der Waals surface area contributed by atoms with Crippen molar-refractivity contribution in [2.45, 2.75) is 37.3 Å². The third-order valence-electron chi connectivity index (χ3n) is 3.59. The summed E-state index contributed by atoms with van der Waals surface area (Å²) in [6.45, 7) is 1.16. The Bertz CT molecular complexity index is 689. The van der Waals surface area contributed by atoms with Crippen LogP contribution in [0.3, 0.4) is 0 Å². The SMILES string of the molecule is Cc1cc(F)c(N=C2CCCN2CC(F)F)cc1S(=O)CC(F)(F)F. The second-order valence-corrected chi connectivity index (χ2v) is 7.06. The zero-order chi connectivity index (χ0) is 18.8. The standard InChI is InChI=1S/C15H16F6N2OS/c1-9-5-10(16)11(6-12(9)25(24)8-15(19,20)21)22-14-3-2-4-23(14)7-13(17)18/h5-6,13H,2-4,7-8H2,1H3. The van der Waals surface area contributed by atoms with Gasteiger partial charge >= 0.3 is 6.18 Å². The minimum Gasteiger partial charge on any atom is -0.354 e. The molecule has 1 aromatic carbocycles. The lowest BCUT2D eigenvalue weighted by Gasteiger charge is -2.18. The second-order valence-electron chi connectivity index (χ2n) is 5.64. The van der Waals surface area contributed by atoms with E-state index in [4.69, 9.17) is 0 Å². The van der Waals surface area contributed by atoms with Crippen molar-refractivity contribution in [3.05, 3.63) is 23.5 Å². The van der Waals surface area contributed by atoms with Crippen molar-refractivity contribution >= 4 is 22.3 Å². The molecule has 1 fully saturated rings. The summed E-state index contributed by atoms with van der Waals surface area (Å²) in [4.78, 5) is 5.14. The van der Waals surface area contributed by atoms with E-state index in [1.807, 2.05) is 0 Å². The van der Waals surface area contributed by atoms with Gasteiger partial charge in [-0.1, -0.05) is 0 Å². The maximum Gasteiger partial charge on any atom is 0.400 e. The number of aliphatic imine (C=N–C) groups is 1. The van der Waals surface area contributed by atoms with Crippen LogP contribution in [0.2, 0.25) is 0 Å². The van der Waals surface area contributed by atoms with Gasteiger partial charge in [0, 0.05) is 17.9 Å². The van der Waals surface area contributed by atoms with Crippen LogP contribution < -0.4 is 0 Å². The monoisotopic (exact) mass is 386 g/mol. The second kappa shape index (κ2) is 7.76. The van der Waals surface area contributed by atoms with Gasteiger partial charge in [0.1, 0.15) is 23.1 Å². The average Bonchev–Trinajstić information content (AvgIpc) is 2.86. The van der Waals surface area contributed by atoms with Crippen molar-refractivity contribution in [3.8, 4) is 0 Å². The molecule has 0 spiro atoms. The van der Waals surface area contributed by atoms with Crippen LogP contribution in [0.1, 0.15) is 18.4 Å². The van der Waals surface area contributed by atoms with Gasteiger partial charge in [-0.05, 0) is 31.0 Å². The quantitative estimate of drug-likeness (QED) is 0.711. The number of amidine groups is 1. The Morgan fingerprint density at radius 3 is 2.60 bits per heavy atom. The van der Waals surface area contributed by atoms with Crippen LogP contribution in [0, 0.1) is 12.7 Å². The van der Waals surface area contributed by atoms with Crippen LogP contribution in [0.4, 0.5) is 32.0 Å². The highest BCUT2D eigenvalue weighted by Crippen LogP contribution is 2.29. The van der Waals surface area contributed by atoms with Crippen LogP contribution in [-0.4, -0.2) is 46.4 Å². The summed E-state index contributed by atoms with van der Waals surface area (Å²) in [5.74, 6) is -2.11. The first-order valence-corrected chi connectivity index (χ1v) is 8.74. The van der Waals surface area contributed by atoms with E-state index < -0.39 is 41.5 Å². The zero-order valence-electron chi connectivity index (χ0n) is 13.2. The molecule has 140 valence electrons. The average molecular weight is 386 g/mol. The molecule has 1 aliphatic heterocycles. The predicted molar refractivity (Wildman–Crippen MR) is 82.4 cm³/mol. The van der Waals surface area contributed by atoms with E-state index in [9.17, 15) is 30.6 Å². The van der Waals surface area contributed by atoms with E-state index in [1.54, 1.807) is 0 Å². The maximum atomic E-state index is 14.1.